The van der Waals surface area contributed by atoms with E-state index in [4.69, 9.17) is 16.3 Å². The Morgan fingerprint density at radius 1 is 1.28 bits per heavy atom. The number of benzene rings is 1. The van der Waals surface area contributed by atoms with Gasteiger partial charge in [0, 0.05) is 25.3 Å². The summed E-state index contributed by atoms with van der Waals surface area (Å²) in [5, 5.41) is 12.2. The number of nitrogens with one attached hydrogen (secondary N) is 1. The predicted octanol–water partition coefficient (Wildman–Crippen LogP) is 3.93. The number of carbonyl (C=O) groups is 2. The molecule has 2 fully saturated rings. The number of fused-ring (bicyclic) bond motifs is 1. The third-order valence-corrected chi connectivity index (χ3v) is 5.94. The summed E-state index contributed by atoms with van der Waals surface area (Å²) in [4.78, 5) is 38.0. The van der Waals surface area contributed by atoms with Gasteiger partial charge in [0.05, 0.1) is 27.7 Å². The molecular formula is C22H25ClFN3O5. The monoisotopic (exact) mass is 465 g/mol. The Morgan fingerprint density at radius 2 is 1.97 bits per heavy atom. The molecule has 1 aliphatic carbocycles. The molecule has 2 N–H and O–H groups in total. The summed E-state index contributed by atoms with van der Waals surface area (Å²) >= 11 is 6.65. The zero-order valence-electron chi connectivity index (χ0n) is 18.1. The number of carboxylic acids is 1. The van der Waals surface area contributed by atoms with E-state index in [0.717, 1.165) is 18.9 Å². The van der Waals surface area contributed by atoms with E-state index in [-0.39, 0.29) is 28.2 Å². The summed E-state index contributed by atoms with van der Waals surface area (Å²) < 4.78 is 22.1. The number of carboxylic acid groups (broad SMARTS) is 1. The van der Waals surface area contributed by atoms with Gasteiger partial charge >= 0.3 is 12.1 Å². The highest BCUT2D eigenvalue weighted by Gasteiger charge is 2.33. The molecule has 2 aromatic rings. The van der Waals surface area contributed by atoms with Crippen LogP contribution in [0.3, 0.4) is 0 Å². The van der Waals surface area contributed by atoms with Crippen molar-refractivity contribution in [2.75, 3.05) is 18.0 Å². The highest BCUT2D eigenvalue weighted by atomic mass is 35.5. The van der Waals surface area contributed by atoms with Crippen LogP contribution in [0.15, 0.2) is 17.1 Å². The molecule has 172 valence electrons. The van der Waals surface area contributed by atoms with Crippen LogP contribution in [0.5, 0.6) is 0 Å². The minimum absolute atomic E-state index is 0.0205. The molecule has 8 nitrogen and oxygen atoms in total. The molecule has 2 heterocycles. The van der Waals surface area contributed by atoms with Crippen molar-refractivity contribution >= 4 is 40.3 Å². The van der Waals surface area contributed by atoms with Crippen molar-refractivity contribution in [2.45, 2.75) is 57.7 Å². The maximum atomic E-state index is 15.2. The zero-order valence-corrected chi connectivity index (χ0v) is 18.8. The lowest BCUT2D eigenvalue weighted by Gasteiger charge is -2.24. The first-order chi connectivity index (χ1) is 15.0. The number of rotatable bonds is 4. The second kappa shape index (κ2) is 7.95. The first-order valence-electron chi connectivity index (χ1n) is 10.5. The quantitative estimate of drug-likeness (QED) is 0.709. The molecule has 1 amide bonds. The molecule has 2 aliphatic rings. The molecule has 1 aromatic carbocycles. The van der Waals surface area contributed by atoms with Crippen molar-refractivity contribution in [3.63, 3.8) is 0 Å². The second-order valence-corrected chi connectivity index (χ2v) is 9.69. The van der Waals surface area contributed by atoms with Crippen molar-refractivity contribution in [3.8, 4) is 0 Å². The number of halogens is 2. The SMILES string of the molecule is CC(C)(C)OC(=O)NC1CCN(c2c(F)cc3c(=O)c(C(=O)O)cn(C4CC4)c3c2Cl)C1. The first-order valence-corrected chi connectivity index (χ1v) is 10.9. The topological polar surface area (TPSA) is 101 Å². The second-order valence-electron chi connectivity index (χ2n) is 9.31. The number of amides is 1. The summed E-state index contributed by atoms with van der Waals surface area (Å²) in [6.45, 7) is 6.08. The Hall–Kier alpha value is -2.81. The fraction of sp³-hybridized carbons (Fsp3) is 0.500. The van der Waals surface area contributed by atoms with Crippen LogP contribution in [-0.2, 0) is 4.74 Å². The number of alkyl carbamates (subject to hydrolysis) is 1. The molecule has 1 unspecified atom stereocenters. The van der Waals surface area contributed by atoms with E-state index in [1.54, 1.807) is 30.2 Å². The molecule has 10 heteroatoms. The van der Waals surface area contributed by atoms with Crippen molar-refractivity contribution < 1.29 is 23.8 Å². The van der Waals surface area contributed by atoms with Crippen LogP contribution in [0.25, 0.3) is 10.9 Å². The number of pyridine rings is 1. The van der Waals surface area contributed by atoms with Gasteiger partial charge in [-0.05, 0) is 46.1 Å². The lowest BCUT2D eigenvalue weighted by molar-refractivity contribution is 0.0508. The molecule has 1 aliphatic heterocycles. The molecular weight excluding hydrogens is 441 g/mol. The van der Waals surface area contributed by atoms with Crippen molar-refractivity contribution in [2.24, 2.45) is 0 Å². The van der Waals surface area contributed by atoms with Crippen molar-refractivity contribution in [1.29, 1.82) is 0 Å². The number of ether oxygens (including phenoxy) is 1. The minimum Gasteiger partial charge on any atom is -0.477 e. The van der Waals surface area contributed by atoms with Gasteiger partial charge in [-0.25, -0.2) is 14.0 Å². The molecule has 0 radical (unpaired) electrons. The lowest BCUT2D eigenvalue weighted by atomic mass is 10.1. The Kier molecular flexibility index (Phi) is 5.56. The molecule has 1 saturated heterocycles. The lowest BCUT2D eigenvalue weighted by Crippen LogP contribution is -2.40. The third-order valence-electron chi connectivity index (χ3n) is 5.58. The molecule has 0 spiro atoms. The van der Waals surface area contributed by atoms with Crippen LogP contribution in [0.2, 0.25) is 5.02 Å². The fourth-order valence-corrected chi connectivity index (χ4v) is 4.48. The van der Waals surface area contributed by atoms with Gasteiger partial charge in [0.15, 0.2) is 0 Å². The van der Waals surface area contributed by atoms with Gasteiger partial charge in [-0.15, -0.1) is 0 Å². The van der Waals surface area contributed by atoms with Gasteiger partial charge in [-0.3, -0.25) is 4.79 Å². The van der Waals surface area contributed by atoms with Crippen LogP contribution in [0, 0.1) is 5.82 Å². The van der Waals surface area contributed by atoms with Crippen LogP contribution in [0.4, 0.5) is 14.9 Å². The number of hydrogen-bond donors (Lipinski definition) is 2. The average molecular weight is 466 g/mol. The number of nitrogens with zero attached hydrogens (tertiary/aromatic N) is 2. The number of carbonyl (C=O) groups excluding carboxylic acids is 1. The highest BCUT2D eigenvalue weighted by Crippen LogP contribution is 2.42. The molecule has 1 saturated carbocycles. The van der Waals surface area contributed by atoms with Gasteiger partial charge in [0.1, 0.15) is 17.0 Å². The van der Waals surface area contributed by atoms with E-state index in [9.17, 15) is 19.5 Å². The van der Waals surface area contributed by atoms with Gasteiger partial charge in [-0.2, -0.15) is 0 Å². The standard InChI is InChI=1S/C22H25ClFN3O5/c1-22(2,3)32-21(31)25-11-6-7-26(9-11)18-15(24)8-13-17(16(18)23)27(12-4-5-12)10-14(19(13)28)20(29)30/h8,10-12H,4-7,9H2,1-3H3,(H,25,31)(H,29,30). The van der Waals surface area contributed by atoms with Crippen molar-refractivity contribution in [1.82, 2.24) is 9.88 Å². The van der Waals surface area contributed by atoms with Gasteiger partial charge in [0.2, 0.25) is 5.43 Å². The van der Waals surface area contributed by atoms with E-state index >= 15 is 4.39 Å². The zero-order chi connectivity index (χ0) is 23.4. The fourth-order valence-electron chi connectivity index (χ4n) is 4.07. The number of anilines is 1. The smallest absolute Gasteiger partial charge is 0.407 e. The van der Waals surface area contributed by atoms with Crippen LogP contribution in [0.1, 0.15) is 56.4 Å². The third kappa shape index (κ3) is 4.26. The Labute approximate surface area is 188 Å². The summed E-state index contributed by atoms with van der Waals surface area (Å²) in [6.07, 6.45) is 2.98. The van der Waals surface area contributed by atoms with E-state index < -0.39 is 34.5 Å². The van der Waals surface area contributed by atoms with Gasteiger partial charge < -0.3 is 24.6 Å². The first kappa shape index (κ1) is 22.4. The normalized spacial score (nSPS) is 18.8. The number of hydrogen-bond acceptors (Lipinski definition) is 5. The Bertz CT molecular complexity index is 1170. The Morgan fingerprint density at radius 3 is 2.56 bits per heavy atom. The van der Waals surface area contributed by atoms with E-state index in [0.29, 0.717) is 25.0 Å². The summed E-state index contributed by atoms with van der Waals surface area (Å²) in [5.74, 6) is -2.06. The maximum Gasteiger partial charge on any atom is 0.407 e. The molecule has 0 bridgehead atoms. The van der Waals surface area contributed by atoms with E-state index in [2.05, 4.69) is 5.32 Å². The summed E-state index contributed by atoms with van der Waals surface area (Å²) in [6, 6.07) is 0.835. The number of aromatic carboxylic acids is 1. The van der Waals surface area contributed by atoms with Crippen LogP contribution in [-0.4, -0.2) is 46.5 Å². The van der Waals surface area contributed by atoms with Crippen molar-refractivity contribution in [3.05, 3.63) is 38.9 Å². The van der Waals surface area contributed by atoms with Crippen LogP contribution < -0.4 is 15.6 Å². The van der Waals surface area contributed by atoms with Crippen LogP contribution >= 0.6 is 11.6 Å². The van der Waals surface area contributed by atoms with Gasteiger partial charge in [0.25, 0.3) is 0 Å². The number of aromatic nitrogens is 1. The van der Waals surface area contributed by atoms with E-state index in [1.807, 2.05) is 0 Å². The maximum absolute atomic E-state index is 15.2. The predicted molar refractivity (Wildman–Crippen MR) is 118 cm³/mol. The molecule has 1 atom stereocenters. The Balaban J connectivity index is 1.69. The highest BCUT2D eigenvalue weighted by molar-refractivity contribution is 6.38. The minimum atomic E-state index is -1.36. The molecule has 4 rings (SSSR count). The summed E-state index contributed by atoms with van der Waals surface area (Å²) in [7, 11) is 0. The average Bonchev–Trinajstić information content (AvgIpc) is 3.41. The molecule has 32 heavy (non-hydrogen) atoms. The van der Waals surface area contributed by atoms with E-state index in [1.165, 1.54) is 6.20 Å². The largest absolute Gasteiger partial charge is 0.477 e. The van der Waals surface area contributed by atoms with Gasteiger partial charge in [-0.1, -0.05) is 11.6 Å². The molecule has 1 aromatic heterocycles. The summed E-state index contributed by atoms with van der Waals surface area (Å²) in [5.41, 5.74) is -1.32.